The van der Waals surface area contributed by atoms with Crippen molar-refractivity contribution in [2.75, 3.05) is 4.90 Å². The number of aromatic nitrogens is 2. The van der Waals surface area contributed by atoms with Crippen molar-refractivity contribution < 1.29 is 0 Å². The van der Waals surface area contributed by atoms with Crippen LogP contribution in [0.25, 0.3) is 49.7 Å². The molecule has 4 heteroatoms. The SMILES string of the molecule is CC1=NC2C=CC=CC2N1c1ccc(-c2ccc3ccc(-c4ccc(-n5c(C)nc6ccccc65)cc4)cc3c2)cc1. The van der Waals surface area contributed by atoms with E-state index in [-0.39, 0.29) is 12.1 Å². The molecule has 6 aromatic rings. The molecule has 4 nitrogen and oxygen atoms in total. The molecule has 0 saturated heterocycles. The summed E-state index contributed by atoms with van der Waals surface area (Å²) in [5, 5.41) is 2.47. The highest BCUT2D eigenvalue weighted by molar-refractivity contribution is 6.00. The van der Waals surface area contributed by atoms with Crippen LogP contribution in [0, 0.1) is 6.92 Å². The summed E-state index contributed by atoms with van der Waals surface area (Å²) in [5.41, 5.74) is 9.29. The molecule has 2 atom stereocenters. The van der Waals surface area contributed by atoms with Crippen LogP contribution in [-0.4, -0.2) is 27.5 Å². The van der Waals surface area contributed by atoms with E-state index in [1.54, 1.807) is 0 Å². The van der Waals surface area contributed by atoms with E-state index >= 15 is 0 Å². The second-order valence-electron chi connectivity index (χ2n) is 11.2. The Bertz CT molecular complexity index is 2060. The highest BCUT2D eigenvalue weighted by Gasteiger charge is 2.32. The van der Waals surface area contributed by atoms with E-state index in [2.05, 4.69) is 151 Å². The smallest absolute Gasteiger partial charge is 0.111 e. The van der Waals surface area contributed by atoms with Crippen LogP contribution in [-0.2, 0) is 0 Å². The van der Waals surface area contributed by atoms with Gasteiger partial charge in [0.25, 0.3) is 0 Å². The first-order chi connectivity index (χ1) is 20.6. The number of nitrogens with zero attached hydrogens (tertiary/aromatic N) is 4. The summed E-state index contributed by atoms with van der Waals surface area (Å²) >= 11 is 0. The molecule has 5 aromatic carbocycles. The average Bonchev–Trinajstić information content (AvgIpc) is 3.55. The number of benzene rings is 5. The summed E-state index contributed by atoms with van der Waals surface area (Å²) in [6, 6.07) is 39.9. The summed E-state index contributed by atoms with van der Waals surface area (Å²) in [6.07, 6.45) is 8.64. The normalized spacial score (nSPS) is 17.7. The predicted octanol–water partition coefficient (Wildman–Crippen LogP) is 8.92. The minimum Gasteiger partial charge on any atom is -0.321 e. The van der Waals surface area contributed by atoms with Crippen molar-refractivity contribution in [3.8, 4) is 27.9 Å². The fourth-order valence-corrected chi connectivity index (χ4v) is 6.49. The molecule has 2 aliphatic rings. The second kappa shape index (κ2) is 9.71. The molecule has 42 heavy (non-hydrogen) atoms. The predicted molar refractivity (Wildman–Crippen MR) is 176 cm³/mol. The molecule has 202 valence electrons. The molecule has 0 amide bonds. The van der Waals surface area contributed by atoms with Crippen molar-refractivity contribution >= 4 is 33.3 Å². The van der Waals surface area contributed by atoms with E-state index in [1.807, 2.05) is 6.07 Å². The van der Waals surface area contributed by atoms with Gasteiger partial charge < -0.3 is 4.90 Å². The van der Waals surface area contributed by atoms with Crippen LogP contribution in [0.5, 0.6) is 0 Å². The van der Waals surface area contributed by atoms with Crippen molar-refractivity contribution in [3.05, 3.63) is 139 Å². The number of aliphatic imine (C=N–C) groups is 1. The van der Waals surface area contributed by atoms with Gasteiger partial charge in [-0.2, -0.15) is 0 Å². The Labute approximate surface area is 245 Å². The third-order valence-corrected chi connectivity index (χ3v) is 8.57. The highest BCUT2D eigenvalue weighted by atomic mass is 15.3. The molecular weight excluding hydrogens is 512 g/mol. The average molecular weight is 543 g/mol. The number of allylic oxidation sites excluding steroid dienone is 2. The van der Waals surface area contributed by atoms with Crippen molar-refractivity contribution in [2.45, 2.75) is 25.9 Å². The Balaban J connectivity index is 1.08. The zero-order valence-corrected chi connectivity index (χ0v) is 23.6. The molecule has 0 spiro atoms. The molecule has 2 unspecified atom stereocenters. The lowest BCUT2D eigenvalue weighted by Crippen LogP contribution is -2.37. The Hall–Kier alpha value is -5.22. The number of fused-ring (bicyclic) bond motifs is 3. The molecule has 8 rings (SSSR count). The Kier molecular flexibility index (Phi) is 5.68. The monoisotopic (exact) mass is 542 g/mol. The Morgan fingerprint density at radius 2 is 1.21 bits per heavy atom. The van der Waals surface area contributed by atoms with Gasteiger partial charge in [-0.1, -0.05) is 85.0 Å². The third-order valence-electron chi connectivity index (χ3n) is 8.57. The highest BCUT2D eigenvalue weighted by Crippen LogP contribution is 2.33. The molecule has 0 N–H and O–H groups in total. The number of aryl methyl sites for hydroxylation is 1. The van der Waals surface area contributed by atoms with Gasteiger partial charge in [-0.3, -0.25) is 9.56 Å². The summed E-state index contributed by atoms with van der Waals surface area (Å²) in [6.45, 7) is 4.16. The second-order valence-corrected chi connectivity index (χ2v) is 11.2. The van der Waals surface area contributed by atoms with E-state index in [1.165, 1.54) is 38.7 Å². The van der Waals surface area contributed by atoms with Crippen molar-refractivity contribution in [1.82, 2.24) is 9.55 Å². The lowest BCUT2D eigenvalue weighted by Gasteiger charge is -2.28. The number of para-hydroxylation sites is 2. The van der Waals surface area contributed by atoms with Crippen LogP contribution in [0.3, 0.4) is 0 Å². The maximum atomic E-state index is 4.85. The van der Waals surface area contributed by atoms with Gasteiger partial charge in [-0.25, -0.2) is 4.98 Å². The lowest BCUT2D eigenvalue weighted by molar-refractivity contribution is 0.739. The first-order valence-corrected chi connectivity index (χ1v) is 14.5. The number of rotatable bonds is 4. The number of anilines is 1. The van der Waals surface area contributed by atoms with Crippen LogP contribution in [0.2, 0.25) is 0 Å². The molecular formula is C38H30N4. The first kappa shape index (κ1) is 24.6. The zero-order chi connectivity index (χ0) is 28.2. The summed E-state index contributed by atoms with van der Waals surface area (Å²) in [4.78, 5) is 11.9. The minimum atomic E-state index is 0.204. The maximum absolute atomic E-state index is 4.85. The molecule has 1 aliphatic heterocycles. The van der Waals surface area contributed by atoms with E-state index in [9.17, 15) is 0 Å². The fourth-order valence-electron chi connectivity index (χ4n) is 6.49. The van der Waals surface area contributed by atoms with Crippen LogP contribution in [0.4, 0.5) is 5.69 Å². The van der Waals surface area contributed by atoms with E-state index in [0.717, 1.165) is 28.4 Å². The van der Waals surface area contributed by atoms with Gasteiger partial charge in [0.05, 0.1) is 23.1 Å². The molecule has 2 heterocycles. The zero-order valence-electron chi connectivity index (χ0n) is 23.6. The van der Waals surface area contributed by atoms with E-state index < -0.39 is 0 Å². The van der Waals surface area contributed by atoms with Gasteiger partial charge in [-0.05, 0) is 95.4 Å². The summed E-state index contributed by atoms with van der Waals surface area (Å²) in [5.74, 6) is 2.06. The van der Waals surface area contributed by atoms with Crippen molar-refractivity contribution in [1.29, 1.82) is 0 Å². The molecule has 0 bridgehead atoms. The van der Waals surface area contributed by atoms with Crippen LogP contribution in [0.1, 0.15) is 12.7 Å². The van der Waals surface area contributed by atoms with E-state index in [0.29, 0.717) is 0 Å². The van der Waals surface area contributed by atoms with Gasteiger partial charge in [0.1, 0.15) is 11.7 Å². The van der Waals surface area contributed by atoms with Gasteiger partial charge in [0, 0.05) is 11.4 Å². The van der Waals surface area contributed by atoms with E-state index in [4.69, 9.17) is 9.98 Å². The maximum Gasteiger partial charge on any atom is 0.111 e. The first-order valence-electron chi connectivity index (χ1n) is 14.5. The third kappa shape index (κ3) is 4.07. The fraction of sp³-hybridized carbons (Fsp3) is 0.105. The largest absolute Gasteiger partial charge is 0.321 e. The molecule has 1 aromatic heterocycles. The summed E-state index contributed by atoms with van der Waals surface area (Å²) in [7, 11) is 0. The summed E-state index contributed by atoms with van der Waals surface area (Å²) < 4.78 is 2.22. The standard InChI is InChI=1S/C38H30N4/c1-25-39-35-7-3-5-9-37(35)41(25)33-19-15-27(16-20-33)30-13-11-29-12-14-31(24-32(29)23-30)28-17-21-34(22-18-28)42-26(2)40-36-8-4-6-10-38(36)42/h3-24,35,37H,1-2H3. The molecule has 0 radical (unpaired) electrons. The van der Waals surface area contributed by atoms with Crippen molar-refractivity contribution in [2.24, 2.45) is 4.99 Å². The van der Waals surface area contributed by atoms with Gasteiger partial charge in [0.2, 0.25) is 0 Å². The Morgan fingerprint density at radius 3 is 1.93 bits per heavy atom. The number of hydrogen-bond acceptors (Lipinski definition) is 3. The van der Waals surface area contributed by atoms with Crippen LogP contribution in [0.15, 0.2) is 138 Å². The van der Waals surface area contributed by atoms with Gasteiger partial charge in [-0.15, -0.1) is 0 Å². The number of amidine groups is 1. The van der Waals surface area contributed by atoms with Crippen molar-refractivity contribution in [3.63, 3.8) is 0 Å². The molecule has 1 aliphatic carbocycles. The molecule has 0 saturated carbocycles. The minimum absolute atomic E-state index is 0.204. The Morgan fingerprint density at radius 1 is 0.595 bits per heavy atom. The molecule has 0 fully saturated rings. The number of hydrogen-bond donors (Lipinski definition) is 0. The quantitative estimate of drug-likeness (QED) is 0.223. The topological polar surface area (TPSA) is 33.4 Å². The van der Waals surface area contributed by atoms with Crippen LogP contribution >= 0.6 is 0 Å². The number of imidazole rings is 1. The lowest BCUT2D eigenvalue weighted by atomic mass is 9.97. The van der Waals surface area contributed by atoms with Gasteiger partial charge >= 0.3 is 0 Å². The van der Waals surface area contributed by atoms with Crippen LogP contribution < -0.4 is 4.90 Å². The van der Waals surface area contributed by atoms with Gasteiger partial charge in [0.15, 0.2) is 0 Å².